The van der Waals surface area contributed by atoms with Gasteiger partial charge in [-0.15, -0.1) is 0 Å². The molecule has 5 fully saturated rings. The first-order valence-corrected chi connectivity index (χ1v) is 14.1. The zero-order chi connectivity index (χ0) is 24.6. The van der Waals surface area contributed by atoms with Crippen molar-refractivity contribution in [2.75, 3.05) is 13.2 Å². The third kappa shape index (κ3) is 2.42. The van der Waals surface area contributed by atoms with E-state index in [1.807, 2.05) is 0 Å². The van der Waals surface area contributed by atoms with Crippen molar-refractivity contribution in [2.45, 2.75) is 111 Å². The lowest BCUT2D eigenvalue weighted by molar-refractivity contribution is -0.259. The minimum atomic E-state index is -0.448. The van der Waals surface area contributed by atoms with E-state index in [-0.39, 0.29) is 45.4 Å². The highest BCUT2D eigenvalue weighted by atomic mass is 16.5. The summed E-state index contributed by atoms with van der Waals surface area (Å²) < 4.78 is 7.01. The summed E-state index contributed by atoms with van der Waals surface area (Å²) in [4.78, 5) is 0. The molecular formula is C30H48O4. The van der Waals surface area contributed by atoms with Crippen LogP contribution in [-0.4, -0.2) is 46.3 Å². The van der Waals surface area contributed by atoms with E-state index in [9.17, 15) is 15.3 Å². The van der Waals surface area contributed by atoms with Crippen molar-refractivity contribution in [1.29, 1.82) is 0 Å². The van der Waals surface area contributed by atoms with Crippen LogP contribution in [0.4, 0.5) is 0 Å². The summed E-state index contributed by atoms with van der Waals surface area (Å²) >= 11 is 0. The fraction of sp³-hybridized carbons (Fsp3) is 0.933. The van der Waals surface area contributed by atoms with E-state index < -0.39 is 11.5 Å². The Hall–Kier alpha value is -0.420. The second kappa shape index (κ2) is 6.71. The fourth-order valence-electron chi connectivity index (χ4n) is 11.3. The number of aliphatic hydroxyl groups excluding tert-OH is 3. The van der Waals surface area contributed by atoms with Crippen molar-refractivity contribution in [3.63, 3.8) is 0 Å². The number of allylic oxidation sites excluding steroid dienone is 1. The summed E-state index contributed by atoms with van der Waals surface area (Å²) in [5.74, 6) is 1.01. The van der Waals surface area contributed by atoms with E-state index in [4.69, 9.17) is 4.74 Å². The van der Waals surface area contributed by atoms with Crippen molar-refractivity contribution in [3.05, 3.63) is 12.2 Å². The molecule has 0 aromatic carbocycles. The maximum atomic E-state index is 11.8. The Bertz CT molecular complexity index is 913. The fourth-order valence-corrected chi connectivity index (χ4v) is 11.3. The molecule has 4 saturated carbocycles. The summed E-state index contributed by atoms with van der Waals surface area (Å²) in [5.41, 5.74) is -0.668. The molecule has 11 atom stereocenters. The third-order valence-electron chi connectivity index (χ3n) is 13.7. The Balaban J connectivity index is 1.49. The average Bonchev–Trinajstić information content (AvgIpc) is 3.04. The molecule has 2 bridgehead atoms. The van der Waals surface area contributed by atoms with Crippen LogP contribution >= 0.6 is 0 Å². The predicted octanol–water partition coefficient (Wildman–Crippen LogP) is 5.10. The second-order valence-electron chi connectivity index (χ2n) is 15.4. The molecule has 1 spiro atoms. The zero-order valence-corrected chi connectivity index (χ0v) is 22.4. The van der Waals surface area contributed by atoms with Crippen LogP contribution in [0.2, 0.25) is 0 Å². The van der Waals surface area contributed by atoms with Crippen molar-refractivity contribution in [2.24, 2.45) is 50.2 Å². The Morgan fingerprint density at radius 3 is 2.29 bits per heavy atom. The van der Waals surface area contributed by atoms with Crippen LogP contribution in [0.25, 0.3) is 0 Å². The molecule has 4 nitrogen and oxygen atoms in total. The summed E-state index contributed by atoms with van der Waals surface area (Å²) in [6.07, 6.45) is 12.3. The van der Waals surface area contributed by atoms with Crippen molar-refractivity contribution in [1.82, 2.24) is 0 Å². The molecule has 0 aromatic rings. The van der Waals surface area contributed by atoms with E-state index in [1.54, 1.807) is 0 Å². The Labute approximate surface area is 206 Å². The van der Waals surface area contributed by atoms with Crippen LogP contribution in [0.5, 0.6) is 0 Å². The van der Waals surface area contributed by atoms with Crippen molar-refractivity contribution < 1.29 is 20.1 Å². The number of hydrogen-bond acceptors (Lipinski definition) is 4. The summed E-state index contributed by atoms with van der Waals surface area (Å²) in [6, 6.07) is 0. The number of rotatable bonds is 1. The largest absolute Gasteiger partial charge is 0.396 e. The molecule has 3 N–H and O–H groups in total. The van der Waals surface area contributed by atoms with Gasteiger partial charge in [0, 0.05) is 22.2 Å². The number of ether oxygens (including phenoxy) is 1. The molecule has 1 aliphatic heterocycles. The Morgan fingerprint density at radius 1 is 0.853 bits per heavy atom. The van der Waals surface area contributed by atoms with Gasteiger partial charge in [0.1, 0.15) is 0 Å². The van der Waals surface area contributed by atoms with Gasteiger partial charge in [0.25, 0.3) is 0 Å². The highest BCUT2D eigenvalue weighted by molar-refractivity contribution is 5.35. The van der Waals surface area contributed by atoms with Crippen LogP contribution in [0.15, 0.2) is 12.2 Å². The van der Waals surface area contributed by atoms with Gasteiger partial charge >= 0.3 is 0 Å². The van der Waals surface area contributed by atoms with Crippen LogP contribution in [-0.2, 0) is 4.74 Å². The predicted molar refractivity (Wildman–Crippen MR) is 133 cm³/mol. The van der Waals surface area contributed by atoms with Crippen LogP contribution in [0.1, 0.15) is 92.9 Å². The van der Waals surface area contributed by atoms with E-state index in [0.29, 0.717) is 24.4 Å². The lowest BCUT2D eigenvalue weighted by Gasteiger charge is -2.73. The molecule has 4 heteroatoms. The zero-order valence-electron chi connectivity index (χ0n) is 22.4. The minimum absolute atomic E-state index is 0.00469. The van der Waals surface area contributed by atoms with Crippen LogP contribution in [0, 0.1) is 50.2 Å². The van der Waals surface area contributed by atoms with Gasteiger partial charge in [0.15, 0.2) is 0 Å². The molecule has 5 unspecified atom stereocenters. The van der Waals surface area contributed by atoms with Gasteiger partial charge in [0.2, 0.25) is 0 Å². The van der Waals surface area contributed by atoms with E-state index >= 15 is 0 Å². The first kappa shape index (κ1) is 23.9. The van der Waals surface area contributed by atoms with Gasteiger partial charge in [-0.2, -0.15) is 0 Å². The normalized spacial score (nSPS) is 61.7. The van der Waals surface area contributed by atoms with Gasteiger partial charge in [-0.25, -0.2) is 0 Å². The molecule has 34 heavy (non-hydrogen) atoms. The molecule has 0 radical (unpaired) electrons. The van der Waals surface area contributed by atoms with Crippen LogP contribution in [0.3, 0.4) is 0 Å². The lowest BCUT2D eigenvalue weighted by Crippen LogP contribution is -2.72. The Morgan fingerprint density at radius 2 is 1.59 bits per heavy atom. The standard InChI is InChI=1S/C30H48O4/c1-24(2)13-14-29-18-34-30(21(29)15-24)12-8-20-25(3)10-9-22(32)26(4,17-31)19(25)7-11-27(20,5)28(30,6)16-23(29)33/h8,12,19-23,31-33H,7,9-11,13-18H2,1-6H3/t19?,20?,21-,22+,23+,25+,26?,27-,28?,29-,30?/m1/s1. The molecule has 6 aliphatic rings. The monoisotopic (exact) mass is 472 g/mol. The maximum absolute atomic E-state index is 11.8. The van der Waals surface area contributed by atoms with Crippen molar-refractivity contribution >= 4 is 0 Å². The summed E-state index contributed by atoms with van der Waals surface area (Å²) in [5, 5.41) is 33.2. The van der Waals surface area contributed by atoms with E-state index in [1.165, 1.54) is 6.42 Å². The van der Waals surface area contributed by atoms with Crippen LogP contribution < -0.4 is 0 Å². The molecule has 6 rings (SSSR count). The quantitative estimate of drug-likeness (QED) is 0.464. The minimum Gasteiger partial charge on any atom is -0.396 e. The summed E-state index contributed by atoms with van der Waals surface area (Å²) in [7, 11) is 0. The van der Waals surface area contributed by atoms with E-state index in [2.05, 4.69) is 53.7 Å². The third-order valence-corrected chi connectivity index (χ3v) is 13.7. The number of aliphatic hydroxyl groups is 3. The smallest absolute Gasteiger partial charge is 0.0957 e. The Kier molecular flexibility index (Phi) is 4.73. The molecule has 5 aliphatic carbocycles. The topological polar surface area (TPSA) is 69.9 Å². The first-order chi connectivity index (χ1) is 15.7. The molecule has 192 valence electrons. The lowest BCUT2D eigenvalue weighted by atomic mass is 9.32. The number of hydrogen-bond donors (Lipinski definition) is 3. The average molecular weight is 473 g/mol. The van der Waals surface area contributed by atoms with E-state index in [0.717, 1.165) is 44.9 Å². The maximum Gasteiger partial charge on any atom is 0.0957 e. The SMILES string of the molecule is CC1(C)CC[C@]23COC4(C=CC5[C@@]6(C)CC[C@H](O)C(C)(CO)C6CC[C@@]5(C)C4(C)C[C@@H]2O)[C@@H]3C1. The van der Waals surface area contributed by atoms with Gasteiger partial charge in [0.05, 0.1) is 31.0 Å². The van der Waals surface area contributed by atoms with Gasteiger partial charge < -0.3 is 20.1 Å². The molecule has 1 heterocycles. The second-order valence-corrected chi connectivity index (χ2v) is 15.4. The van der Waals surface area contributed by atoms with Crippen molar-refractivity contribution in [3.8, 4) is 0 Å². The molecular weight excluding hydrogens is 424 g/mol. The van der Waals surface area contributed by atoms with Gasteiger partial charge in [-0.3, -0.25) is 0 Å². The van der Waals surface area contributed by atoms with Gasteiger partial charge in [-0.1, -0.05) is 53.7 Å². The first-order valence-electron chi connectivity index (χ1n) is 14.1. The number of fused-ring (bicyclic) bond motifs is 4. The molecule has 0 aromatic heterocycles. The highest BCUT2D eigenvalue weighted by Gasteiger charge is 2.78. The highest BCUT2D eigenvalue weighted by Crippen LogP contribution is 2.79. The van der Waals surface area contributed by atoms with Gasteiger partial charge in [-0.05, 0) is 79.4 Å². The molecule has 0 amide bonds. The summed E-state index contributed by atoms with van der Waals surface area (Å²) in [6.45, 7) is 15.1. The molecule has 1 saturated heterocycles.